The third-order valence-corrected chi connectivity index (χ3v) is 12.1. The minimum absolute atomic E-state index is 0.0933. The van der Waals surface area contributed by atoms with E-state index in [1.165, 1.54) is 71.4 Å². The van der Waals surface area contributed by atoms with Crippen LogP contribution >= 0.6 is 0 Å². The Morgan fingerprint density at radius 2 is 0.895 bits per heavy atom. The van der Waals surface area contributed by atoms with E-state index in [-0.39, 0.29) is 5.41 Å². The Kier molecular flexibility index (Phi) is 7.55. The first-order valence-electron chi connectivity index (χ1n) is 19.7. The van der Waals surface area contributed by atoms with Crippen LogP contribution in [0.1, 0.15) is 25.0 Å². The van der Waals surface area contributed by atoms with Crippen LogP contribution in [0.5, 0.6) is 0 Å². The van der Waals surface area contributed by atoms with Crippen LogP contribution in [-0.2, 0) is 5.41 Å². The Morgan fingerprint density at radius 3 is 1.70 bits per heavy atom. The zero-order chi connectivity index (χ0) is 38.1. The molecule has 0 saturated heterocycles. The van der Waals surface area contributed by atoms with E-state index in [2.05, 4.69) is 190 Å². The van der Waals surface area contributed by atoms with E-state index in [1.807, 2.05) is 18.2 Å². The number of fused-ring (bicyclic) bond motifs is 7. The van der Waals surface area contributed by atoms with Gasteiger partial charge in [0.2, 0.25) is 0 Å². The van der Waals surface area contributed by atoms with Crippen molar-refractivity contribution in [3.8, 4) is 67.3 Å². The molecular weight excluding hydrogens is 689 g/mol. The lowest BCUT2D eigenvalue weighted by atomic mass is 9.79. The fourth-order valence-corrected chi connectivity index (χ4v) is 9.19. The van der Waals surface area contributed by atoms with Gasteiger partial charge in [-0.3, -0.25) is 0 Å². The molecule has 57 heavy (non-hydrogen) atoms. The lowest BCUT2D eigenvalue weighted by molar-refractivity contribution is 0.666. The Bertz CT molecular complexity index is 3190. The number of benzene rings is 9. The zero-order valence-corrected chi connectivity index (χ0v) is 31.9. The summed E-state index contributed by atoms with van der Waals surface area (Å²) in [5.41, 5.74) is 15.2. The highest BCUT2D eigenvalue weighted by Crippen LogP contribution is 2.52. The van der Waals surface area contributed by atoms with E-state index in [0.717, 1.165) is 33.5 Å². The summed E-state index contributed by atoms with van der Waals surface area (Å²) in [6.07, 6.45) is 0. The Labute approximate surface area is 332 Å². The predicted octanol–water partition coefficient (Wildman–Crippen LogP) is 14.6. The summed E-state index contributed by atoms with van der Waals surface area (Å²) in [5, 5.41) is 7.41. The van der Waals surface area contributed by atoms with Gasteiger partial charge in [-0.15, -0.1) is 0 Å². The van der Waals surface area contributed by atoms with Crippen molar-refractivity contribution in [2.24, 2.45) is 0 Å². The molecule has 2 heteroatoms. The number of rotatable bonds is 5. The first-order chi connectivity index (χ1) is 28.0. The topological polar surface area (TPSA) is 25.8 Å². The molecule has 10 aromatic rings. The molecule has 2 nitrogen and oxygen atoms in total. The lowest BCUT2D eigenvalue weighted by Crippen LogP contribution is -2.15. The smallest absolute Gasteiger partial charge is 0.160 e. The Morgan fingerprint density at radius 1 is 0.333 bits per heavy atom. The second-order valence-corrected chi connectivity index (χ2v) is 15.8. The molecule has 11 rings (SSSR count). The van der Waals surface area contributed by atoms with Gasteiger partial charge in [-0.25, -0.2) is 9.97 Å². The van der Waals surface area contributed by atoms with Crippen LogP contribution in [0.25, 0.3) is 99.6 Å². The average Bonchev–Trinajstić information content (AvgIpc) is 3.51. The maximum absolute atomic E-state index is 5.21. The zero-order valence-electron chi connectivity index (χ0n) is 31.9. The van der Waals surface area contributed by atoms with Gasteiger partial charge in [-0.1, -0.05) is 190 Å². The molecule has 9 aromatic carbocycles. The fourth-order valence-electron chi connectivity index (χ4n) is 9.19. The molecule has 1 aliphatic carbocycles. The van der Waals surface area contributed by atoms with Crippen LogP contribution < -0.4 is 0 Å². The van der Waals surface area contributed by atoms with Crippen molar-refractivity contribution in [1.82, 2.24) is 9.97 Å². The van der Waals surface area contributed by atoms with Crippen molar-refractivity contribution in [1.29, 1.82) is 0 Å². The maximum atomic E-state index is 5.21. The number of hydrogen-bond acceptors (Lipinski definition) is 2. The minimum atomic E-state index is -0.0933. The van der Waals surface area contributed by atoms with Crippen molar-refractivity contribution >= 4 is 32.3 Å². The van der Waals surface area contributed by atoms with E-state index in [0.29, 0.717) is 5.82 Å². The lowest BCUT2D eigenvalue weighted by Gasteiger charge is -2.23. The largest absolute Gasteiger partial charge is 0.228 e. The summed E-state index contributed by atoms with van der Waals surface area (Å²) in [7, 11) is 0. The van der Waals surface area contributed by atoms with E-state index in [4.69, 9.17) is 9.97 Å². The summed E-state index contributed by atoms with van der Waals surface area (Å²) in [6.45, 7) is 4.75. The van der Waals surface area contributed by atoms with E-state index >= 15 is 0 Å². The van der Waals surface area contributed by atoms with Gasteiger partial charge in [-0.05, 0) is 95.0 Å². The second-order valence-electron chi connectivity index (χ2n) is 15.8. The molecule has 0 aliphatic heterocycles. The van der Waals surface area contributed by atoms with Gasteiger partial charge < -0.3 is 0 Å². The van der Waals surface area contributed by atoms with Crippen LogP contribution in [0.15, 0.2) is 194 Å². The molecule has 0 atom stereocenters. The molecule has 0 N–H and O–H groups in total. The minimum Gasteiger partial charge on any atom is -0.228 e. The van der Waals surface area contributed by atoms with Gasteiger partial charge in [-0.2, -0.15) is 0 Å². The standard InChI is InChI=1S/C55H38N2/c1-55(2)50-33-41(27-28-47(50)49-29-26-37-13-8-9-17-44(37)53(49)55)36-20-23-38(24-21-36)43-30-31-48(46-19-11-10-18-45(43)46)52-34-51(56-54(57-52)39-14-4-3-5-15-39)42-25-22-35-12-6-7-16-40(35)32-42/h3-34H,1-2H3. The monoisotopic (exact) mass is 726 g/mol. The summed E-state index contributed by atoms with van der Waals surface area (Å²) in [4.78, 5) is 10.3. The molecule has 0 amide bonds. The van der Waals surface area contributed by atoms with Crippen LogP contribution in [0.4, 0.5) is 0 Å². The highest BCUT2D eigenvalue weighted by molar-refractivity contribution is 6.05. The summed E-state index contributed by atoms with van der Waals surface area (Å²) < 4.78 is 0. The molecule has 0 spiro atoms. The van der Waals surface area contributed by atoms with E-state index in [9.17, 15) is 0 Å². The molecule has 0 fully saturated rings. The van der Waals surface area contributed by atoms with Gasteiger partial charge >= 0.3 is 0 Å². The number of hydrogen-bond donors (Lipinski definition) is 0. The highest BCUT2D eigenvalue weighted by atomic mass is 14.9. The molecule has 0 bridgehead atoms. The van der Waals surface area contributed by atoms with Crippen LogP contribution in [0, 0.1) is 0 Å². The molecule has 1 heterocycles. The maximum Gasteiger partial charge on any atom is 0.160 e. The fraction of sp³-hybridized carbons (Fsp3) is 0.0545. The predicted molar refractivity (Wildman–Crippen MR) is 239 cm³/mol. The van der Waals surface area contributed by atoms with Crippen LogP contribution in [0.3, 0.4) is 0 Å². The Balaban J connectivity index is 0.976. The number of aromatic nitrogens is 2. The second kappa shape index (κ2) is 13.0. The number of nitrogens with zero attached hydrogens (tertiary/aromatic N) is 2. The van der Waals surface area contributed by atoms with E-state index in [1.54, 1.807) is 0 Å². The van der Waals surface area contributed by atoms with Gasteiger partial charge in [0.05, 0.1) is 11.4 Å². The van der Waals surface area contributed by atoms with Gasteiger partial charge in [0.25, 0.3) is 0 Å². The van der Waals surface area contributed by atoms with Gasteiger partial charge in [0.15, 0.2) is 5.82 Å². The third kappa shape index (κ3) is 5.48. The van der Waals surface area contributed by atoms with Crippen LogP contribution in [0.2, 0.25) is 0 Å². The van der Waals surface area contributed by atoms with Crippen molar-refractivity contribution in [2.45, 2.75) is 19.3 Å². The highest BCUT2D eigenvalue weighted by Gasteiger charge is 2.37. The van der Waals surface area contributed by atoms with Crippen LogP contribution in [-0.4, -0.2) is 9.97 Å². The quantitative estimate of drug-likeness (QED) is 0.176. The molecule has 0 saturated carbocycles. The summed E-state index contributed by atoms with van der Waals surface area (Å²) in [6, 6.07) is 70.2. The first-order valence-corrected chi connectivity index (χ1v) is 19.7. The van der Waals surface area contributed by atoms with Crippen molar-refractivity contribution in [3.63, 3.8) is 0 Å². The van der Waals surface area contributed by atoms with Crippen molar-refractivity contribution in [2.75, 3.05) is 0 Å². The molecular formula is C55H38N2. The van der Waals surface area contributed by atoms with E-state index < -0.39 is 0 Å². The molecule has 0 radical (unpaired) electrons. The summed E-state index contributed by atoms with van der Waals surface area (Å²) in [5.74, 6) is 0.715. The van der Waals surface area contributed by atoms with Crippen molar-refractivity contribution in [3.05, 3.63) is 205 Å². The Hall–Kier alpha value is -7.16. The SMILES string of the molecule is CC1(C)c2cc(-c3ccc(-c4ccc(-c5cc(-c6ccc7ccccc7c6)nc(-c6ccccc6)n5)c5ccccc45)cc3)ccc2-c2ccc3ccccc3c21. The van der Waals surface area contributed by atoms with Gasteiger partial charge in [0.1, 0.15) is 0 Å². The first kappa shape index (κ1) is 33.2. The normalized spacial score (nSPS) is 12.9. The van der Waals surface area contributed by atoms with Crippen molar-refractivity contribution < 1.29 is 0 Å². The molecule has 1 aromatic heterocycles. The summed E-state index contributed by atoms with van der Waals surface area (Å²) >= 11 is 0. The van der Waals surface area contributed by atoms with Gasteiger partial charge in [0, 0.05) is 22.1 Å². The third-order valence-electron chi connectivity index (χ3n) is 12.1. The molecule has 268 valence electrons. The average molecular weight is 727 g/mol. The molecule has 0 unspecified atom stereocenters. The molecule has 1 aliphatic rings.